The molecule has 0 aliphatic carbocycles. The van der Waals surface area contributed by atoms with E-state index in [1.807, 2.05) is 0 Å². The van der Waals surface area contributed by atoms with Gasteiger partial charge in [-0.3, -0.25) is 0 Å². The van der Waals surface area contributed by atoms with Crippen LogP contribution < -0.4 is 4.74 Å². The highest BCUT2D eigenvalue weighted by molar-refractivity contribution is 5.37. The third kappa shape index (κ3) is 2.03. The Labute approximate surface area is 99.2 Å². The van der Waals surface area contributed by atoms with Crippen LogP contribution in [0.5, 0.6) is 5.75 Å². The van der Waals surface area contributed by atoms with Crippen molar-refractivity contribution in [3.8, 4) is 5.75 Å². The van der Waals surface area contributed by atoms with Crippen LogP contribution >= 0.6 is 0 Å². The molecule has 1 aromatic carbocycles. The van der Waals surface area contributed by atoms with Gasteiger partial charge >= 0.3 is 0 Å². The molecule has 0 saturated carbocycles. The Balaban J connectivity index is 1.84. The minimum atomic E-state index is -0.639. The SMILES string of the molecule is O[C@H]1CC(C2CCOC2)Oc2ccc(F)cc21. The zero-order valence-corrected chi connectivity index (χ0v) is 9.43. The molecule has 1 fully saturated rings. The second-order valence-corrected chi connectivity index (χ2v) is 4.71. The first-order valence-corrected chi connectivity index (χ1v) is 5.96. The molecule has 3 nitrogen and oxygen atoms in total. The molecule has 0 spiro atoms. The lowest BCUT2D eigenvalue weighted by Gasteiger charge is -2.32. The summed E-state index contributed by atoms with van der Waals surface area (Å²) < 4.78 is 24.2. The van der Waals surface area contributed by atoms with E-state index in [4.69, 9.17) is 9.47 Å². The second-order valence-electron chi connectivity index (χ2n) is 4.71. The first-order chi connectivity index (χ1) is 8.24. The molecule has 0 aromatic heterocycles. The smallest absolute Gasteiger partial charge is 0.125 e. The monoisotopic (exact) mass is 238 g/mol. The van der Waals surface area contributed by atoms with Crippen LogP contribution in [0.2, 0.25) is 0 Å². The Morgan fingerprint density at radius 1 is 1.35 bits per heavy atom. The van der Waals surface area contributed by atoms with Crippen molar-refractivity contribution < 1.29 is 19.0 Å². The van der Waals surface area contributed by atoms with E-state index in [1.54, 1.807) is 6.07 Å². The number of benzene rings is 1. The standard InChI is InChI=1S/C13H15FO3/c14-9-1-2-12-10(5-9)11(15)6-13(17-12)8-3-4-16-7-8/h1-2,5,8,11,13,15H,3-4,6-7H2/t8?,11-,13?/m0/s1. The number of aliphatic hydroxyl groups excluding tert-OH is 1. The highest BCUT2D eigenvalue weighted by Gasteiger charge is 2.34. The van der Waals surface area contributed by atoms with Crippen molar-refractivity contribution in [1.82, 2.24) is 0 Å². The van der Waals surface area contributed by atoms with Gasteiger partial charge in [-0.05, 0) is 24.6 Å². The summed E-state index contributed by atoms with van der Waals surface area (Å²) in [5.74, 6) is 0.596. The molecule has 0 radical (unpaired) electrons. The van der Waals surface area contributed by atoms with Crippen LogP contribution in [0, 0.1) is 11.7 Å². The molecule has 0 bridgehead atoms. The van der Waals surface area contributed by atoms with Crippen LogP contribution in [0.3, 0.4) is 0 Å². The van der Waals surface area contributed by atoms with E-state index in [2.05, 4.69) is 0 Å². The molecule has 1 aromatic rings. The molecule has 0 amide bonds. The number of fused-ring (bicyclic) bond motifs is 1. The average Bonchev–Trinajstić information content (AvgIpc) is 2.83. The van der Waals surface area contributed by atoms with Gasteiger partial charge < -0.3 is 14.6 Å². The topological polar surface area (TPSA) is 38.7 Å². The van der Waals surface area contributed by atoms with Gasteiger partial charge in [-0.15, -0.1) is 0 Å². The first kappa shape index (κ1) is 11.0. The molecule has 2 heterocycles. The average molecular weight is 238 g/mol. The van der Waals surface area contributed by atoms with Crippen molar-refractivity contribution >= 4 is 0 Å². The van der Waals surface area contributed by atoms with Gasteiger partial charge in [-0.2, -0.15) is 0 Å². The van der Waals surface area contributed by atoms with Gasteiger partial charge in [0, 0.05) is 24.5 Å². The lowest BCUT2D eigenvalue weighted by Crippen LogP contribution is -2.33. The number of hydrogen-bond donors (Lipinski definition) is 1. The van der Waals surface area contributed by atoms with Gasteiger partial charge in [0.05, 0.1) is 12.7 Å². The molecule has 2 aliphatic heterocycles. The Bertz CT molecular complexity index is 415. The summed E-state index contributed by atoms with van der Waals surface area (Å²) in [5, 5.41) is 10.0. The van der Waals surface area contributed by atoms with Gasteiger partial charge in [0.1, 0.15) is 17.7 Å². The molecule has 2 unspecified atom stereocenters. The second kappa shape index (κ2) is 4.27. The van der Waals surface area contributed by atoms with Crippen LogP contribution in [-0.4, -0.2) is 24.4 Å². The maximum absolute atomic E-state index is 13.1. The predicted octanol–water partition coefficient (Wildman–Crippen LogP) is 2.05. The summed E-state index contributed by atoms with van der Waals surface area (Å²) in [7, 11) is 0. The number of halogens is 1. The van der Waals surface area contributed by atoms with Gasteiger partial charge in [0.25, 0.3) is 0 Å². The summed E-state index contributed by atoms with van der Waals surface area (Å²) >= 11 is 0. The molecule has 3 atom stereocenters. The normalized spacial score (nSPS) is 32.0. The zero-order chi connectivity index (χ0) is 11.8. The van der Waals surface area contributed by atoms with Crippen molar-refractivity contribution in [3.05, 3.63) is 29.6 Å². The molecular formula is C13H15FO3. The van der Waals surface area contributed by atoms with Gasteiger partial charge in [0.15, 0.2) is 0 Å². The Morgan fingerprint density at radius 2 is 2.24 bits per heavy atom. The minimum absolute atomic E-state index is 0.0227. The van der Waals surface area contributed by atoms with E-state index in [0.717, 1.165) is 13.0 Å². The maximum atomic E-state index is 13.1. The highest BCUT2D eigenvalue weighted by Crippen LogP contribution is 2.38. The zero-order valence-electron chi connectivity index (χ0n) is 9.43. The number of rotatable bonds is 1. The summed E-state index contributed by atoms with van der Waals surface area (Å²) in [6.07, 6.45) is 0.823. The van der Waals surface area contributed by atoms with E-state index in [-0.39, 0.29) is 11.9 Å². The fourth-order valence-corrected chi connectivity index (χ4v) is 2.58. The molecular weight excluding hydrogens is 223 g/mol. The summed E-state index contributed by atoms with van der Waals surface area (Å²) in [5.41, 5.74) is 0.556. The van der Waals surface area contributed by atoms with Crippen LogP contribution in [0.4, 0.5) is 4.39 Å². The molecule has 1 saturated heterocycles. The molecule has 2 aliphatic rings. The van der Waals surface area contributed by atoms with E-state index < -0.39 is 6.10 Å². The fourth-order valence-electron chi connectivity index (χ4n) is 2.58. The van der Waals surface area contributed by atoms with Crippen molar-refractivity contribution in [2.75, 3.05) is 13.2 Å². The highest BCUT2D eigenvalue weighted by atomic mass is 19.1. The van der Waals surface area contributed by atoms with Gasteiger partial charge in [-0.25, -0.2) is 4.39 Å². The number of ether oxygens (including phenoxy) is 2. The third-order valence-corrected chi connectivity index (χ3v) is 3.56. The maximum Gasteiger partial charge on any atom is 0.125 e. The van der Waals surface area contributed by atoms with Crippen LogP contribution in [0.25, 0.3) is 0 Å². The van der Waals surface area contributed by atoms with E-state index in [0.29, 0.717) is 30.3 Å². The first-order valence-electron chi connectivity index (χ1n) is 5.96. The van der Waals surface area contributed by atoms with Gasteiger partial charge in [-0.1, -0.05) is 0 Å². The molecule has 17 heavy (non-hydrogen) atoms. The minimum Gasteiger partial charge on any atom is -0.490 e. The van der Waals surface area contributed by atoms with Crippen molar-refractivity contribution in [3.63, 3.8) is 0 Å². The fraction of sp³-hybridized carbons (Fsp3) is 0.538. The Kier molecular flexibility index (Phi) is 2.76. The van der Waals surface area contributed by atoms with E-state index in [1.165, 1.54) is 12.1 Å². The van der Waals surface area contributed by atoms with Crippen LogP contribution in [0.1, 0.15) is 24.5 Å². The summed E-state index contributed by atoms with van der Waals surface area (Å²) in [6, 6.07) is 4.30. The Hall–Kier alpha value is -1.13. The quantitative estimate of drug-likeness (QED) is 0.813. The molecule has 1 N–H and O–H groups in total. The third-order valence-electron chi connectivity index (χ3n) is 3.56. The predicted molar refractivity (Wildman–Crippen MR) is 59.3 cm³/mol. The molecule has 92 valence electrons. The van der Waals surface area contributed by atoms with Crippen LogP contribution in [0.15, 0.2) is 18.2 Å². The summed E-state index contributed by atoms with van der Waals surface area (Å²) in [4.78, 5) is 0. The molecule has 3 rings (SSSR count). The largest absolute Gasteiger partial charge is 0.490 e. The summed E-state index contributed by atoms with van der Waals surface area (Å²) in [6.45, 7) is 1.45. The number of hydrogen-bond acceptors (Lipinski definition) is 3. The van der Waals surface area contributed by atoms with Gasteiger partial charge in [0.2, 0.25) is 0 Å². The lowest BCUT2D eigenvalue weighted by atomic mass is 9.91. The lowest BCUT2D eigenvalue weighted by molar-refractivity contribution is 0.0299. The van der Waals surface area contributed by atoms with Crippen LogP contribution in [-0.2, 0) is 4.74 Å². The van der Waals surface area contributed by atoms with Crippen molar-refractivity contribution in [1.29, 1.82) is 0 Å². The Morgan fingerprint density at radius 3 is 3.00 bits per heavy atom. The van der Waals surface area contributed by atoms with E-state index >= 15 is 0 Å². The van der Waals surface area contributed by atoms with E-state index in [9.17, 15) is 9.50 Å². The molecule has 4 heteroatoms. The van der Waals surface area contributed by atoms with Crippen molar-refractivity contribution in [2.24, 2.45) is 5.92 Å². The number of aliphatic hydroxyl groups is 1. The van der Waals surface area contributed by atoms with Crippen molar-refractivity contribution in [2.45, 2.75) is 25.0 Å².